The number of nitrogens with zero attached hydrogens (tertiary/aromatic N) is 2. The third kappa shape index (κ3) is 4.22. The van der Waals surface area contributed by atoms with E-state index in [1.54, 1.807) is 19.0 Å². The van der Waals surface area contributed by atoms with Crippen LogP contribution in [-0.2, 0) is 9.53 Å². The van der Waals surface area contributed by atoms with Gasteiger partial charge in [-0.25, -0.2) is 9.80 Å². The first kappa shape index (κ1) is 19.2. The van der Waals surface area contributed by atoms with Gasteiger partial charge >= 0.3 is 5.97 Å². The number of esters is 1. The topological polar surface area (TPSA) is 51.1 Å². The average molecular weight is 429 g/mol. The second-order valence-electron chi connectivity index (χ2n) is 6.05. The van der Waals surface area contributed by atoms with Crippen molar-refractivity contribution < 1.29 is 14.3 Å². The molecule has 3 rings (SSSR count). The number of halogens is 1. The van der Waals surface area contributed by atoms with E-state index in [-0.39, 0.29) is 5.92 Å². The molecular formula is C21H21BrN2O3. The predicted octanol–water partition coefficient (Wildman–Crippen LogP) is 4.88. The lowest BCUT2D eigenvalue weighted by molar-refractivity contribution is -0.135. The van der Waals surface area contributed by atoms with Gasteiger partial charge in [0.05, 0.1) is 25.3 Å². The molecule has 0 bridgehead atoms. The smallest absolute Gasteiger partial charge is 0.355 e. The second-order valence-corrected chi connectivity index (χ2v) is 6.97. The van der Waals surface area contributed by atoms with E-state index in [2.05, 4.69) is 21.0 Å². The summed E-state index contributed by atoms with van der Waals surface area (Å²) in [7, 11) is 1.63. The average Bonchev–Trinajstić information content (AvgIpc) is 2.68. The predicted molar refractivity (Wildman–Crippen MR) is 110 cm³/mol. The summed E-state index contributed by atoms with van der Waals surface area (Å²) in [4.78, 5) is 12.6. The Balaban J connectivity index is 2.01. The number of ether oxygens (including phenoxy) is 2. The van der Waals surface area contributed by atoms with E-state index in [1.807, 2.05) is 61.5 Å². The number of anilines is 1. The van der Waals surface area contributed by atoms with Gasteiger partial charge in [-0.3, -0.25) is 0 Å². The maximum atomic E-state index is 12.6. The number of hydrazone groups is 1. The highest BCUT2D eigenvalue weighted by atomic mass is 79.9. The molecule has 0 radical (unpaired) electrons. The zero-order valence-electron chi connectivity index (χ0n) is 15.5. The highest BCUT2D eigenvalue weighted by molar-refractivity contribution is 9.10. The Kier molecular flexibility index (Phi) is 5.96. The molecule has 0 aliphatic carbocycles. The van der Waals surface area contributed by atoms with Crippen LogP contribution in [0.25, 0.3) is 0 Å². The maximum absolute atomic E-state index is 12.6. The Morgan fingerprint density at radius 3 is 2.41 bits per heavy atom. The highest BCUT2D eigenvalue weighted by Crippen LogP contribution is 2.32. The first-order chi connectivity index (χ1) is 13.0. The molecule has 0 fully saturated rings. The Morgan fingerprint density at radius 1 is 1.15 bits per heavy atom. The summed E-state index contributed by atoms with van der Waals surface area (Å²) in [6, 6.07) is 15.4. The molecule has 1 atom stereocenters. The lowest BCUT2D eigenvalue weighted by Gasteiger charge is -2.29. The Labute approximate surface area is 167 Å². The number of benzene rings is 2. The zero-order chi connectivity index (χ0) is 19.4. The first-order valence-electron chi connectivity index (χ1n) is 8.67. The van der Waals surface area contributed by atoms with E-state index < -0.39 is 5.97 Å². The molecule has 2 aromatic rings. The number of hydrogen-bond acceptors (Lipinski definition) is 5. The van der Waals surface area contributed by atoms with E-state index >= 15 is 0 Å². The van der Waals surface area contributed by atoms with Crippen LogP contribution >= 0.6 is 15.9 Å². The molecule has 27 heavy (non-hydrogen) atoms. The molecule has 5 nitrogen and oxygen atoms in total. The normalized spacial score (nSPS) is 16.4. The highest BCUT2D eigenvalue weighted by Gasteiger charge is 2.30. The third-order valence-electron chi connectivity index (χ3n) is 4.27. The van der Waals surface area contributed by atoms with Crippen molar-refractivity contribution in [1.29, 1.82) is 0 Å². The van der Waals surface area contributed by atoms with Crippen molar-refractivity contribution >= 4 is 33.3 Å². The Morgan fingerprint density at radius 2 is 1.81 bits per heavy atom. The molecule has 0 aromatic heterocycles. The van der Waals surface area contributed by atoms with Gasteiger partial charge in [0.1, 0.15) is 5.75 Å². The summed E-state index contributed by atoms with van der Waals surface area (Å²) in [6.07, 6.45) is 2.03. The second kappa shape index (κ2) is 8.39. The van der Waals surface area contributed by atoms with E-state index in [0.29, 0.717) is 12.3 Å². The Hall–Kier alpha value is -2.60. The van der Waals surface area contributed by atoms with Gasteiger partial charge in [0, 0.05) is 10.2 Å². The van der Waals surface area contributed by atoms with Gasteiger partial charge in [-0.2, -0.15) is 5.10 Å². The zero-order valence-corrected chi connectivity index (χ0v) is 17.1. The van der Waals surface area contributed by atoms with Crippen LogP contribution < -0.4 is 9.75 Å². The lowest BCUT2D eigenvalue weighted by atomic mass is 9.92. The molecule has 140 valence electrons. The quantitative estimate of drug-likeness (QED) is 0.636. The van der Waals surface area contributed by atoms with Crippen LogP contribution in [-0.4, -0.2) is 25.4 Å². The van der Waals surface area contributed by atoms with Crippen LogP contribution in [0.3, 0.4) is 0 Å². The van der Waals surface area contributed by atoms with E-state index in [9.17, 15) is 4.79 Å². The fraction of sp³-hybridized carbons (Fsp3) is 0.238. The minimum absolute atomic E-state index is 0.258. The summed E-state index contributed by atoms with van der Waals surface area (Å²) in [5.74, 6) is 0.0963. The lowest BCUT2D eigenvalue weighted by Crippen LogP contribution is -2.32. The Bertz CT molecular complexity index is 873. The minimum atomic E-state index is -0.410. The molecular weight excluding hydrogens is 408 g/mol. The molecule has 1 aliphatic rings. The van der Waals surface area contributed by atoms with Gasteiger partial charge in [0.2, 0.25) is 0 Å². The van der Waals surface area contributed by atoms with Crippen molar-refractivity contribution in [2.24, 2.45) is 5.10 Å². The van der Waals surface area contributed by atoms with Crippen LogP contribution in [0.1, 0.15) is 25.3 Å². The van der Waals surface area contributed by atoms with Crippen molar-refractivity contribution in [3.05, 3.63) is 70.3 Å². The number of hydrogen-bond donors (Lipinski definition) is 0. The maximum Gasteiger partial charge on any atom is 0.355 e. The molecule has 2 aromatic carbocycles. The van der Waals surface area contributed by atoms with Crippen LogP contribution in [0.5, 0.6) is 5.75 Å². The van der Waals surface area contributed by atoms with Crippen LogP contribution in [0.2, 0.25) is 0 Å². The van der Waals surface area contributed by atoms with Crippen molar-refractivity contribution in [2.75, 3.05) is 18.7 Å². The molecule has 0 N–H and O–H groups in total. The molecule has 1 aliphatic heterocycles. The van der Waals surface area contributed by atoms with Gasteiger partial charge < -0.3 is 9.47 Å². The molecule has 6 heteroatoms. The molecule has 0 saturated heterocycles. The van der Waals surface area contributed by atoms with E-state index in [1.165, 1.54) is 0 Å². The minimum Gasteiger partial charge on any atom is -0.497 e. The van der Waals surface area contributed by atoms with Gasteiger partial charge in [-0.1, -0.05) is 28.1 Å². The fourth-order valence-electron chi connectivity index (χ4n) is 2.92. The standard InChI is InChI=1S/C21H21BrN2O3/c1-4-27-21(25)20-19(15-5-7-16(22)8-6-15)13-14(2)24(23-20)17-9-11-18(26-3)12-10-17/h5-13,19H,4H2,1-3H3/t19-/m1/s1. The largest absolute Gasteiger partial charge is 0.497 e. The van der Waals surface area contributed by atoms with Crippen molar-refractivity contribution in [3.63, 3.8) is 0 Å². The van der Waals surface area contributed by atoms with Crippen molar-refractivity contribution in [1.82, 2.24) is 0 Å². The summed E-state index contributed by atoms with van der Waals surface area (Å²) >= 11 is 3.45. The molecule has 0 spiro atoms. The fourth-order valence-corrected chi connectivity index (χ4v) is 3.19. The number of methoxy groups -OCH3 is 1. The number of carbonyl (C=O) groups is 1. The van der Waals surface area contributed by atoms with Crippen LogP contribution in [0, 0.1) is 0 Å². The van der Waals surface area contributed by atoms with Crippen molar-refractivity contribution in [3.8, 4) is 5.75 Å². The molecule has 0 unspecified atom stereocenters. The van der Waals surface area contributed by atoms with Gasteiger partial charge in [-0.15, -0.1) is 0 Å². The molecule has 0 amide bonds. The van der Waals surface area contributed by atoms with Gasteiger partial charge in [0.15, 0.2) is 5.71 Å². The van der Waals surface area contributed by atoms with Gasteiger partial charge in [0.25, 0.3) is 0 Å². The summed E-state index contributed by atoms with van der Waals surface area (Å²) in [5, 5.41) is 6.39. The summed E-state index contributed by atoms with van der Waals surface area (Å²) in [6.45, 7) is 4.07. The van der Waals surface area contributed by atoms with E-state index in [4.69, 9.17) is 9.47 Å². The van der Waals surface area contributed by atoms with Crippen LogP contribution in [0.15, 0.2) is 69.9 Å². The number of carbonyl (C=O) groups excluding carboxylic acids is 1. The monoisotopic (exact) mass is 428 g/mol. The van der Waals surface area contributed by atoms with Gasteiger partial charge in [-0.05, 0) is 61.9 Å². The number of rotatable bonds is 5. The molecule has 0 saturated carbocycles. The van der Waals surface area contributed by atoms with Crippen molar-refractivity contribution in [2.45, 2.75) is 19.8 Å². The number of allylic oxidation sites excluding steroid dienone is 2. The molecule has 1 heterocycles. The SMILES string of the molecule is CCOC(=O)C1=NN(c2ccc(OC)cc2)C(C)=C[C@@H]1c1ccc(Br)cc1. The first-order valence-corrected chi connectivity index (χ1v) is 9.46. The third-order valence-corrected chi connectivity index (χ3v) is 4.80. The summed E-state index contributed by atoms with van der Waals surface area (Å²) in [5.41, 5.74) is 3.13. The van der Waals surface area contributed by atoms with Crippen LogP contribution in [0.4, 0.5) is 5.69 Å². The summed E-state index contributed by atoms with van der Waals surface area (Å²) < 4.78 is 11.5. The van der Waals surface area contributed by atoms with E-state index in [0.717, 1.165) is 27.2 Å².